The molecule has 2 heterocycles. The number of carbonyl (C=O) groups is 2. The molecule has 2 atom stereocenters. The van der Waals surface area contributed by atoms with Gasteiger partial charge in [-0.3, -0.25) is 19.2 Å². The molecule has 3 rings (SSSR count). The summed E-state index contributed by atoms with van der Waals surface area (Å²) in [4.78, 5) is 25.9. The topological polar surface area (TPSA) is 79.3 Å². The summed E-state index contributed by atoms with van der Waals surface area (Å²) in [6.45, 7) is 4.25. The molecule has 1 aromatic carbocycles. The van der Waals surface area contributed by atoms with E-state index < -0.39 is 0 Å². The summed E-state index contributed by atoms with van der Waals surface area (Å²) in [7, 11) is 0. The third-order valence-corrected chi connectivity index (χ3v) is 4.31. The highest BCUT2D eigenvalue weighted by Gasteiger charge is 2.26. The van der Waals surface area contributed by atoms with Crippen molar-refractivity contribution in [2.24, 2.45) is 0 Å². The minimum atomic E-state index is -0.181. The Bertz CT molecular complexity index is 728. The summed E-state index contributed by atoms with van der Waals surface area (Å²) >= 11 is 0. The first kappa shape index (κ1) is 16.2. The Labute approximate surface area is 140 Å². The van der Waals surface area contributed by atoms with Crippen molar-refractivity contribution in [1.82, 2.24) is 15.1 Å². The number of carbonyl (C=O) groups excluding carboxylic acids is 2. The predicted molar refractivity (Wildman–Crippen MR) is 91.8 cm³/mol. The molecule has 7 heteroatoms. The van der Waals surface area contributed by atoms with E-state index in [0.717, 1.165) is 5.69 Å². The van der Waals surface area contributed by atoms with Gasteiger partial charge in [0, 0.05) is 18.4 Å². The predicted octanol–water partition coefficient (Wildman–Crippen LogP) is 1.41. The maximum Gasteiger partial charge on any atom is 0.244 e. The zero-order valence-electron chi connectivity index (χ0n) is 13.8. The molecule has 1 aliphatic rings. The highest BCUT2D eigenvalue weighted by Crippen LogP contribution is 2.28. The summed E-state index contributed by atoms with van der Waals surface area (Å²) in [6, 6.07) is 9.36. The van der Waals surface area contributed by atoms with Crippen LogP contribution in [-0.4, -0.2) is 40.7 Å². The van der Waals surface area contributed by atoms with E-state index in [4.69, 9.17) is 0 Å². The maximum absolute atomic E-state index is 12.6. The monoisotopic (exact) mass is 327 g/mol. The van der Waals surface area contributed by atoms with Crippen molar-refractivity contribution in [3.8, 4) is 0 Å². The van der Waals surface area contributed by atoms with Crippen molar-refractivity contribution >= 4 is 23.2 Å². The largest absolute Gasteiger partial charge is 0.323 e. The average Bonchev–Trinajstić information content (AvgIpc) is 3.12. The summed E-state index contributed by atoms with van der Waals surface area (Å²) in [5, 5.41) is 10.2. The molecular weight excluding hydrogens is 306 g/mol. The molecule has 7 nitrogen and oxygen atoms in total. The molecule has 0 spiro atoms. The molecular formula is C17H21N5O2. The quantitative estimate of drug-likeness (QED) is 0.870. The Morgan fingerprint density at radius 3 is 2.88 bits per heavy atom. The van der Waals surface area contributed by atoms with E-state index in [9.17, 15) is 9.59 Å². The van der Waals surface area contributed by atoms with Crippen molar-refractivity contribution in [1.29, 1.82) is 0 Å². The van der Waals surface area contributed by atoms with Gasteiger partial charge >= 0.3 is 0 Å². The molecule has 126 valence electrons. The summed E-state index contributed by atoms with van der Waals surface area (Å²) in [5.41, 5.74) is 1.40. The number of rotatable bonds is 5. The van der Waals surface area contributed by atoms with Gasteiger partial charge in [0.1, 0.15) is 6.54 Å². The Hall–Kier alpha value is -2.67. The fourth-order valence-corrected chi connectivity index (χ4v) is 2.72. The minimum Gasteiger partial charge on any atom is -0.323 e. The fourth-order valence-electron chi connectivity index (χ4n) is 2.72. The van der Waals surface area contributed by atoms with Crippen LogP contribution in [-0.2, 0) is 9.59 Å². The van der Waals surface area contributed by atoms with E-state index in [1.54, 1.807) is 12.3 Å². The van der Waals surface area contributed by atoms with Crippen LogP contribution in [0.4, 0.5) is 11.4 Å². The molecule has 0 bridgehead atoms. The summed E-state index contributed by atoms with van der Waals surface area (Å²) in [5.74, 6) is -0.308. The molecule has 0 unspecified atom stereocenters. The Morgan fingerprint density at radius 2 is 2.12 bits per heavy atom. The number of anilines is 2. The van der Waals surface area contributed by atoms with E-state index >= 15 is 0 Å². The normalized spacial score (nSPS) is 16.2. The van der Waals surface area contributed by atoms with Crippen molar-refractivity contribution in [2.45, 2.75) is 25.9 Å². The van der Waals surface area contributed by atoms with Gasteiger partial charge in [-0.05, 0) is 32.0 Å². The number of fused-ring (bicyclic) bond motifs is 1. The van der Waals surface area contributed by atoms with Crippen LogP contribution in [0.5, 0.6) is 0 Å². The summed E-state index contributed by atoms with van der Waals surface area (Å²) in [6.07, 6.45) is 3.63. The lowest BCUT2D eigenvalue weighted by atomic mass is 10.1. The van der Waals surface area contributed by atoms with Gasteiger partial charge in [-0.2, -0.15) is 5.10 Å². The number of nitrogens with one attached hydrogen (secondary N) is 2. The second kappa shape index (κ2) is 6.84. The van der Waals surface area contributed by atoms with Crippen LogP contribution in [0.2, 0.25) is 0 Å². The smallest absolute Gasteiger partial charge is 0.244 e. The Morgan fingerprint density at radius 1 is 1.33 bits per heavy atom. The number of benzene rings is 1. The molecule has 2 amide bonds. The maximum atomic E-state index is 12.6. The van der Waals surface area contributed by atoms with Crippen molar-refractivity contribution in [2.75, 3.05) is 23.3 Å². The average molecular weight is 327 g/mol. The molecule has 0 saturated heterocycles. The Kier molecular flexibility index (Phi) is 4.61. The minimum absolute atomic E-state index is 0.0423. The molecule has 0 aliphatic carbocycles. The Balaban J connectivity index is 1.64. The molecule has 2 N–H and O–H groups in total. The second-order valence-electron chi connectivity index (χ2n) is 5.94. The molecule has 0 fully saturated rings. The van der Waals surface area contributed by atoms with E-state index in [0.29, 0.717) is 5.69 Å². The lowest BCUT2D eigenvalue weighted by Gasteiger charge is -2.30. The number of amides is 2. The number of para-hydroxylation sites is 2. The van der Waals surface area contributed by atoms with Gasteiger partial charge in [0.2, 0.25) is 11.8 Å². The number of nitrogens with zero attached hydrogens (tertiary/aromatic N) is 3. The third-order valence-electron chi connectivity index (χ3n) is 4.31. The zero-order chi connectivity index (χ0) is 17.1. The molecule has 0 radical (unpaired) electrons. The van der Waals surface area contributed by atoms with Gasteiger partial charge in [0.05, 0.1) is 24.0 Å². The number of hydrogen-bond acceptors (Lipinski definition) is 4. The van der Waals surface area contributed by atoms with Crippen LogP contribution < -0.4 is 15.5 Å². The van der Waals surface area contributed by atoms with Gasteiger partial charge in [0.15, 0.2) is 0 Å². The van der Waals surface area contributed by atoms with Crippen LogP contribution in [0.25, 0.3) is 0 Å². The molecule has 1 aromatic heterocycles. The van der Waals surface area contributed by atoms with Crippen molar-refractivity contribution in [3.05, 3.63) is 42.7 Å². The molecule has 1 aliphatic heterocycles. The zero-order valence-corrected chi connectivity index (χ0v) is 13.8. The third kappa shape index (κ3) is 3.30. The van der Waals surface area contributed by atoms with E-state index in [1.165, 1.54) is 4.90 Å². The van der Waals surface area contributed by atoms with Gasteiger partial charge in [-0.1, -0.05) is 12.1 Å². The van der Waals surface area contributed by atoms with Gasteiger partial charge in [-0.25, -0.2) is 0 Å². The highest BCUT2D eigenvalue weighted by molar-refractivity contribution is 6.10. The van der Waals surface area contributed by atoms with Crippen LogP contribution >= 0.6 is 0 Å². The van der Waals surface area contributed by atoms with Gasteiger partial charge < -0.3 is 10.6 Å². The number of aromatic nitrogens is 2. The van der Waals surface area contributed by atoms with Crippen LogP contribution in [0.15, 0.2) is 42.7 Å². The lowest BCUT2D eigenvalue weighted by Crippen LogP contribution is -2.47. The standard InChI is InChI=1S/C17H21N5O2/c1-12(13(2)22-9-5-8-19-22)18-10-17(24)21-11-16(23)20-14-6-3-4-7-15(14)21/h3-9,12-13,18H,10-11H2,1-2H3,(H,20,23)/t12-,13-/m0/s1. The van der Waals surface area contributed by atoms with Crippen LogP contribution in [0.3, 0.4) is 0 Å². The van der Waals surface area contributed by atoms with Crippen molar-refractivity contribution < 1.29 is 9.59 Å². The first-order valence-electron chi connectivity index (χ1n) is 7.98. The van der Waals surface area contributed by atoms with Crippen LogP contribution in [0.1, 0.15) is 19.9 Å². The lowest BCUT2D eigenvalue weighted by molar-refractivity contribution is -0.121. The van der Waals surface area contributed by atoms with E-state index in [-0.39, 0.29) is 37.0 Å². The van der Waals surface area contributed by atoms with Crippen molar-refractivity contribution in [3.63, 3.8) is 0 Å². The SMILES string of the molecule is C[C@H](NCC(=O)N1CC(=O)Nc2ccccc21)[C@H](C)n1cccn1. The summed E-state index contributed by atoms with van der Waals surface area (Å²) < 4.78 is 1.85. The first-order chi connectivity index (χ1) is 11.6. The van der Waals surface area contributed by atoms with E-state index in [1.807, 2.05) is 49.0 Å². The van der Waals surface area contributed by atoms with Gasteiger partial charge in [0.25, 0.3) is 0 Å². The van der Waals surface area contributed by atoms with E-state index in [2.05, 4.69) is 15.7 Å². The van der Waals surface area contributed by atoms with Gasteiger partial charge in [-0.15, -0.1) is 0 Å². The fraction of sp³-hybridized carbons (Fsp3) is 0.353. The second-order valence-corrected chi connectivity index (χ2v) is 5.94. The van der Waals surface area contributed by atoms with Crippen LogP contribution in [0, 0.1) is 0 Å². The molecule has 0 saturated carbocycles. The highest BCUT2D eigenvalue weighted by atomic mass is 16.2. The molecule has 2 aromatic rings. The molecule has 24 heavy (non-hydrogen) atoms. The number of hydrogen-bond donors (Lipinski definition) is 2. The first-order valence-corrected chi connectivity index (χ1v) is 7.98.